The highest BCUT2D eigenvalue weighted by molar-refractivity contribution is 7.92. The van der Waals surface area contributed by atoms with Crippen molar-refractivity contribution in [1.29, 1.82) is 0 Å². The van der Waals surface area contributed by atoms with E-state index in [4.69, 9.17) is 4.74 Å². The molecule has 10 heteroatoms. The molecule has 32 heavy (non-hydrogen) atoms. The summed E-state index contributed by atoms with van der Waals surface area (Å²) in [4.78, 5) is 6.70. The van der Waals surface area contributed by atoms with E-state index >= 15 is 0 Å². The van der Waals surface area contributed by atoms with Gasteiger partial charge in [0.1, 0.15) is 18.2 Å². The lowest BCUT2D eigenvalue weighted by molar-refractivity contribution is 0.370. The van der Waals surface area contributed by atoms with Gasteiger partial charge in [-0.2, -0.15) is 25.3 Å². The van der Waals surface area contributed by atoms with Gasteiger partial charge in [0.2, 0.25) is 0 Å². The van der Waals surface area contributed by atoms with Crippen LogP contribution in [0, 0.1) is 11.8 Å². The molecule has 0 radical (unpaired) electrons. The predicted octanol–water partition coefficient (Wildman–Crippen LogP) is 2.69. The largest absolute Gasteiger partial charge is 0.481 e. The number of anilines is 2. The van der Waals surface area contributed by atoms with Crippen molar-refractivity contribution in [3.8, 4) is 17.6 Å². The molecule has 0 aliphatic rings. The number of rotatable bonds is 12. The number of nitrogens with zero attached hydrogens (tertiary/aromatic N) is 3. The van der Waals surface area contributed by atoms with E-state index in [1.807, 2.05) is 25.1 Å². The highest BCUT2D eigenvalue weighted by atomic mass is 32.2. The molecule has 0 fully saturated rings. The Morgan fingerprint density at radius 2 is 1.84 bits per heavy atom. The molecule has 0 unspecified atom stereocenters. The van der Waals surface area contributed by atoms with Crippen molar-refractivity contribution in [3.05, 3.63) is 42.1 Å². The monoisotopic (exact) mass is 494 g/mol. The van der Waals surface area contributed by atoms with Gasteiger partial charge in [0.15, 0.2) is 0 Å². The number of thiol groups is 2. The summed E-state index contributed by atoms with van der Waals surface area (Å²) in [7, 11) is -0.0435. The summed E-state index contributed by atoms with van der Waals surface area (Å²) in [5, 5.41) is 3.25. The van der Waals surface area contributed by atoms with Gasteiger partial charge in [-0.25, -0.2) is 17.7 Å². The van der Waals surface area contributed by atoms with E-state index in [1.165, 1.54) is 16.4 Å². The number of aromatic nitrogens is 1. The van der Waals surface area contributed by atoms with Gasteiger partial charge < -0.3 is 15.0 Å². The molecule has 0 aliphatic heterocycles. The van der Waals surface area contributed by atoms with Crippen LogP contribution in [0.25, 0.3) is 0 Å². The molecule has 0 amide bonds. The lowest BCUT2D eigenvalue weighted by atomic mass is 10.3. The number of hydrogen-bond donors (Lipinski definition) is 3. The fourth-order valence-corrected chi connectivity index (χ4v) is 4.70. The molecule has 2 aromatic rings. The zero-order valence-corrected chi connectivity index (χ0v) is 21.2. The molecule has 174 valence electrons. The molecule has 0 bridgehead atoms. The van der Waals surface area contributed by atoms with Gasteiger partial charge >= 0.3 is 0 Å². The van der Waals surface area contributed by atoms with Gasteiger partial charge in [0.25, 0.3) is 10.0 Å². The number of nitrogens with one attached hydrogen (secondary N) is 1. The molecule has 0 saturated heterocycles. The number of sulfonamides is 1. The van der Waals surface area contributed by atoms with Gasteiger partial charge in [-0.1, -0.05) is 5.92 Å². The second-order valence-corrected chi connectivity index (χ2v) is 9.71. The second-order valence-electron chi connectivity index (χ2n) is 6.96. The lowest BCUT2D eigenvalue weighted by Crippen LogP contribution is -2.34. The molecule has 2 rings (SSSR count). The molecule has 7 nitrogen and oxygen atoms in total. The Balaban J connectivity index is 2.41. The van der Waals surface area contributed by atoms with Gasteiger partial charge in [-0.15, -0.1) is 5.92 Å². The first-order valence-electron chi connectivity index (χ1n) is 10.1. The van der Waals surface area contributed by atoms with Crippen LogP contribution < -0.4 is 19.3 Å². The highest BCUT2D eigenvalue weighted by Gasteiger charge is 2.26. The minimum absolute atomic E-state index is 0.153. The zero-order chi connectivity index (χ0) is 23.6. The molecule has 0 aliphatic carbocycles. The number of ether oxygens (including phenoxy) is 1. The van der Waals surface area contributed by atoms with Crippen molar-refractivity contribution < 1.29 is 13.2 Å². The summed E-state index contributed by atoms with van der Waals surface area (Å²) < 4.78 is 33.8. The van der Waals surface area contributed by atoms with Crippen molar-refractivity contribution in [3.63, 3.8) is 0 Å². The van der Waals surface area contributed by atoms with E-state index in [0.717, 1.165) is 17.9 Å². The van der Waals surface area contributed by atoms with E-state index in [-0.39, 0.29) is 18.0 Å². The van der Waals surface area contributed by atoms with Gasteiger partial charge in [-0.05, 0) is 37.3 Å². The molecule has 1 heterocycles. The maximum absolute atomic E-state index is 13.5. The lowest BCUT2D eigenvalue weighted by Gasteiger charge is -2.25. The average molecular weight is 495 g/mol. The Hall–Kier alpha value is -2.06. The Morgan fingerprint density at radius 1 is 1.12 bits per heavy atom. The summed E-state index contributed by atoms with van der Waals surface area (Å²) in [5.41, 5.74) is 1.60. The Labute approximate surface area is 202 Å². The Morgan fingerprint density at radius 3 is 2.44 bits per heavy atom. The van der Waals surface area contributed by atoms with Crippen molar-refractivity contribution in [2.75, 3.05) is 54.5 Å². The first-order chi connectivity index (χ1) is 15.3. The second kappa shape index (κ2) is 12.8. The summed E-state index contributed by atoms with van der Waals surface area (Å²) in [6.07, 6.45) is 0. The predicted molar refractivity (Wildman–Crippen MR) is 138 cm³/mol. The van der Waals surface area contributed by atoms with Crippen LogP contribution in [0.3, 0.4) is 0 Å². The van der Waals surface area contributed by atoms with Crippen LogP contribution >= 0.6 is 25.3 Å². The number of pyridine rings is 1. The minimum Gasteiger partial charge on any atom is -0.481 e. The molecular weight excluding hydrogens is 464 g/mol. The van der Waals surface area contributed by atoms with Crippen LogP contribution in [-0.2, 0) is 16.6 Å². The van der Waals surface area contributed by atoms with Crippen molar-refractivity contribution in [2.45, 2.75) is 18.4 Å². The van der Waals surface area contributed by atoms with Crippen LogP contribution in [0.1, 0.15) is 12.6 Å². The average Bonchev–Trinajstić information content (AvgIpc) is 2.78. The molecule has 0 spiro atoms. The van der Waals surface area contributed by atoms with Crippen molar-refractivity contribution in [1.82, 2.24) is 10.3 Å². The first kappa shape index (κ1) is 26.2. The Kier molecular flexibility index (Phi) is 10.5. The molecule has 0 saturated carbocycles. The van der Waals surface area contributed by atoms with Crippen LogP contribution in [-0.4, -0.2) is 58.7 Å². The van der Waals surface area contributed by atoms with Gasteiger partial charge in [-0.3, -0.25) is 0 Å². The third kappa shape index (κ3) is 7.24. The third-order valence-corrected chi connectivity index (χ3v) is 6.66. The van der Waals surface area contributed by atoms with E-state index in [9.17, 15) is 8.42 Å². The van der Waals surface area contributed by atoms with Crippen LogP contribution in [0.15, 0.2) is 41.3 Å². The fraction of sp³-hybridized carbons (Fsp3) is 0.409. The summed E-state index contributed by atoms with van der Waals surface area (Å²) in [6.45, 7) is 3.40. The standard InChI is InChI=1S/C22H30N4O3S3/c1-4-5-12-29-20-6-8-21(9-7-20)32(27,28)26(11-14-31)22-16-19(25(2)3)15-18(24-22)17-23-10-13-30/h6-9,15-16,23,30-31H,10-14,17H2,1-3H3. The van der Waals surface area contributed by atoms with Gasteiger partial charge in [0.05, 0.1) is 10.6 Å². The normalized spacial score (nSPS) is 10.9. The van der Waals surface area contributed by atoms with E-state index in [0.29, 0.717) is 29.6 Å². The smallest absolute Gasteiger partial charge is 0.265 e. The summed E-state index contributed by atoms with van der Waals surface area (Å²) in [5.74, 6) is 7.51. The maximum atomic E-state index is 13.5. The van der Waals surface area contributed by atoms with E-state index < -0.39 is 10.0 Å². The van der Waals surface area contributed by atoms with Crippen molar-refractivity contribution >= 4 is 46.8 Å². The molecule has 1 N–H and O–H groups in total. The van der Waals surface area contributed by atoms with Crippen molar-refractivity contribution in [2.24, 2.45) is 0 Å². The van der Waals surface area contributed by atoms with E-state index in [1.54, 1.807) is 25.1 Å². The Bertz CT molecular complexity index is 1030. The minimum atomic E-state index is -3.86. The zero-order valence-electron chi connectivity index (χ0n) is 18.6. The summed E-state index contributed by atoms with van der Waals surface area (Å²) >= 11 is 8.49. The SMILES string of the molecule is CC#CCOc1ccc(S(=O)(=O)N(CCS)c2cc(N(C)C)cc(CNCCS)n2)cc1. The molecule has 0 atom stereocenters. The van der Waals surface area contributed by atoms with Crippen LogP contribution in [0.5, 0.6) is 5.75 Å². The van der Waals surface area contributed by atoms with Crippen LogP contribution in [0.4, 0.5) is 11.5 Å². The molecule has 1 aromatic carbocycles. The molecular formula is C22H30N4O3S3. The summed E-state index contributed by atoms with van der Waals surface area (Å²) in [6, 6.07) is 10.0. The topological polar surface area (TPSA) is 74.8 Å². The van der Waals surface area contributed by atoms with Crippen LogP contribution in [0.2, 0.25) is 0 Å². The highest BCUT2D eigenvalue weighted by Crippen LogP contribution is 2.27. The number of hydrogen-bond acceptors (Lipinski definition) is 8. The third-order valence-electron chi connectivity index (χ3n) is 4.42. The van der Waals surface area contributed by atoms with Gasteiger partial charge in [0, 0.05) is 57.0 Å². The molecule has 1 aromatic heterocycles. The maximum Gasteiger partial charge on any atom is 0.265 e. The first-order valence-corrected chi connectivity index (χ1v) is 12.8. The quantitative estimate of drug-likeness (QED) is 0.239. The fourth-order valence-electron chi connectivity index (χ4n) is 2.80. The van der Waals surface area contributed by atoms with E-state index in [2.05, 4.69) is 47.4 Å². The number of benzene rings is 1.